The molecule has 26 heavy (non-hydrogen) atoms. The summed E-state index contributed by atoms with van der Waals surface area (Å²) in [6.07, 6.45) is 0.653. The Labute approximate surface area is 155 Å². The minimum atomic E-state index is -0.304. The number of H-pyrrole nitrogens is 1. The Bertz CT molecular complexity index is 877. The van der Waals surface area contributed by atoms with Crippen molar-refractivity contribution in [2.75, 3.05) is 0 Å². The van der Waals surface area contributed by atoms with Crippen molar-refractivity contribution >= 4 is 17.5 Å². The van der Waals surface area contributed by atoms with E-state index in [0.29, 0.717) is 23.1 Å². The summed E-state index contributed by atoms with van der Waals surface area (Å²) >= 11 is 5.87. The molecule has 2 N–H and O–H groups in total. The highest BCUT2D eigenvalue weighted by Crippen LogP contribution is 2.14. The Balaban J connectivity index is 1.55. The zero-order chi connectivity index (χ0) is 18.5. The van der Waals surface area contributed by atoms with Gasteiger partial charge in [0.25, 0.3) is 0 Å². The van der Waals surface area contributed by atoms with Crippen molar-refractivity contribution < 1.29 is 9.18 Å². The van der Waals surface area contributed by atoms with E-state index >= 15 is 0 Å². The van der Waals surface area contributed by atoms with Crippen LogP contribution >= 0.6 is 11.6 Å². The molecule has 3 aromatic rings. The fourth-order valence-corrected chi connectivity index (χ4v) is 2.69. The van der Waals surface area contributed by atoms with Gasteiger partial charge in [0.2, 0.25) is 5.91 Å². The summed E-state index contributed by atoms with van der Waals surface area (Å²) in [5.41, 5.74) is 1.88. The maximum Gasteiger partial charge on any atom is 0.228 e. The second-order valence-electron chi connectivity index (χ2n) is 6.02. The number of carbonyl (C=O) groups is 1. The normalized spacial score (nSPS) is 12.0. The molecule has 134 valence electrons. The number of aromatic nitrogens is 3. The molecule has 0 radical (unpaired) electrons. The lowest BCUT2D eigenvalue weighted by atomic mass is 10.1. The predicted molar refractivity (Wildman–Crippen MR) is 97.3 cm³/mol. The number of nitrogens with one attached hydrogen (secondary N) is 2. The van der Waals surface area contributed by atoms with Crippen LogP contribution in [0.25, 0.3) is 0 Å². The van der Waals surface area contributed by atoms with Gasteiger partial charge in [0, 0.05) is 11.4 Å². The molecular weight excluding hydrogens is 355 g/mol. The van der Waals surface area contributed by atoms with Gasteiger partial charge in [-0.15, -0.1) is 0 Å². The third-order valence-corrected chi connectivity index (χ3v) is 4.18. The number of carbonyl (C=O) groups excluding carboxylic acids is 1. The summed E-state index contributed by atoms with van der Waals surface area (Å²) < 4.78 is 13.0. The highest BCUT2D eigenvalue weighted by molar-refractivity contribution is 6.30. The fourth-order valence-electron chi connectivity index (χ4n) is 2.56. The van der Waals surface area contributed by atoms with Crippen LogP contribution in [0.5, 0.6) is 0 Å². The van der Waals surface area contributed by atoms with E-state index in [1.165, 1.54) is 12.1 Å². The third kappa shape index (κ3) is 4.89. The maximum absolute atomic E-state index is 13.0. The van der Waals surface area contributed by atoms with Gasteiger partial charge in [-0.3, -0.25) is 9.89 Å². The molecule has 0 aliphatic heterocycles. The molecule has 1 atom stereocenters. The van der Waals surface area contributed by atoms with E-state index in [-0.39, 0.29) is 24.2 Å². The lowest BCUT2D eigenvalue weighted by molar-refractivity contribution is -0.121. The number of aromatic amines is 1. The molecule has 5 nitrogen and oxygen atoms in total. The van der Waals surface area contributed by atoms with Gasteiger partial charge in [-0.25, -0.2) is 9.37 Å². The summed E-state index contributed by atoms with van der Waals surface area (Å²) in [6, 6.07) is 13.3. The van der Waals surface area contributed by atoms with E-state index in [9.17, 15) is 9.18 Å². The van der Waals surface area contributed by atoms with Crippen LogP contribution < -0.4 is 5.32 Å². The standard InChI is InChI=1S/C19H18ClFN4O/c1-12(14-4-8-16(21)9-5-14)22-19(26)11-18-23-17(24-25-18)10-13-2-6-15(20)7-3-13/h2-9,12H,10-11H2,1H3,(H,22,26)(H,23,24,25). The molecule has 0 spiro atoms. The molecule has 0 saturated heterocycles. The maximum atomic E-state index is 13.0. The summed E-state index contributed by atoms with van der Waals surface area (Å²) in [7, 11) is 0. The Morgan fingerprint density at radius 3 is 2.58 bits per heavy atom. The van der Waals surface area contributed by atoms with Crippen LogP contribution in [0.4, 0.5) is 4.39 Å². The second-order valence-corrected chi connectivity index (χ2v) is 6.46. The number of hydrogen-bond donors (Lipinski definition) is 2. The number of rotatable bonds is 6. The minimum absolute atomic E-state index is 0.0721. The number of halogens is 2. The monoisotopic (exact) mass is 372 g/mol. The van der Waals surface area contributed by atoms with Crippen molar-refractivity contribution in [2.24, 2.45) is 0 Å². The van der Waals surface area contributed by atoms with Crippen molar-refractivity contribution in [3.8, 4) is 0 Å². The van der Waals surface area contributed by atoms with Crippen LogP contribution in [0.15, 0.2) is 48.5 Å². The van der Waals surface area contributed by atoms with Crippen LogP contribution in [0.1, 0.15) is 35.7 Å². The smallest absolute Gasteiger partial charge is 0.228 e. The number of hydrogen-bond acceptors (Lipinski definition) is 3. The first-order valence-electron chi connectivity index (χ1n) is 8.19. The van der Waals surface area contributed by atoms with Crippen molar-refractivity contribution in [2.45, 2.75) is 25.8 Å². The average molecular weight is 373 g/mol. The topological polar surface area (TPSA) is 70.7 Å². The highest BCUT2D eigenvalue weighted by Gasteiger charge is 2.13. The number of benzene rings is 2. The van der Waals surface area contributed by atoms with Gasteiger partial charge in [-0.05, 0) is 42.3 Å². The molecule has 0 fully saturated rings. The van der Waals surface area contributed by atoms with Gasteiger partial charge in [-0.2, -0.15) is 5.10 Å². The lowest BCUT2D eigenvalue weighted by Crippen LogP contribution is -2.28. The van der Waals surface area contributed by atoms with Crippen LogP contribution in [-0.4, -0.2) is 21.1 Å². The van der Waals surface area contributed by atoms with E-state index in [1.807, 2.05) is 31.2 Å². The summed E-state index contributed by atoms with van der Waals surface area (Å²) in [5, 5.41) is 10.5. The average Bonchev–Trinajstić information content (AvgIpc) is 3.04. The Hall–Kier alpha value is -2.73. The molecule has 1 unspecified atom stereocenters. The van der Waals surface area contributed by atoms with Gasteiger partial charge < -0.3 is 5.32 Å². The van der Waals surface area contributed by atoms with Crippen molar-refractivity contribution in [3.63, 3.8) is 0 Å². The Morgan fingerprint density at radius 2 is 1.88 bits per heavy atom. The van der Waals surface area contributed by atoms with E-state index in [1.54, 1.807) is 12.1 Å². The molecule has 7 heteroatoms. The predicted octanol–water partition coefficient (Wildman–Crippen LogP) is 3.61. The molecule has 0 bridgehead atoms. The van der Waals surface area contributed by atoms with Crippen molar-refractivity contribution in [1.29, 1.82) is 0 Å². The van der Waals surface area contributed by atoms with Crippen molar-refractivity contribution in [3.05, 3.63) is 82.1 Å². The van der Waals surface area contributed by atoms with Gasteiger partial charge in [0.05, 0.1) is 12.5 Å². The van der Waals surface area contributed by atoms with Crippen LogP contribution in [0.3, 0.4) is 0 Å². The SMILES string of the molecule is CC(NC(=O)Cc1n[nH]c(Cc2ccc(Cl)cc2)n1)c1ccc(F)cc1. The fraction of sp³-hybridized carbons (Fsp3) is 0.211. The second kappa shape index (κ2) is 8.10. The highest BCUT2D eigenvalue weighted by atomic mass is 35.5. The Morgan fingerprint density at radius 1 is 1.19 bits per heavy atom. The molecule has 1 amide bonds. The van der Waals surface area contributed by atoms with Crippen molar-refractivity contribution in [1.82, 2.24) is 20.5 Å². The van der Waals surface area contributed by atoms with Gasteiger partial charge in [-0.1, -0.05) is 35.9 Å². The molecule has 0 saturated carbocycles. The van der Waals surface area contributed by atoms with E-state index in [4.69, 9.17) is 11.6 Å². The van der Waals surface area contributed by atoms with Gasteiger partial charge >= 0.3 is 0 Å². The van der Waals surface area contributed by atoms with Gasteiger partial charge in [0.1, 0.15) is 11.6 Å². The molecule has 1 heterocycles. The largest absolute Gasteiger partial charge is 0.349 e. The first kappa shape index (κ1) is 18.1. The zero-order valence-electron chi connectivity index (χ0n) is 14.2. The molecule has 0 aliphatic carbocycles. The van der Waals surface area contributed by atoms with E-state index < -0.39 is 0 Å². The van der Waals surface area contributed by atoms with E-state index in [0.717, 1.165) is 11.1 Å². The van der Waals surface area contributed by atoms with Crippen LogP contribution in [0.2, 0.25) is 5.02 Å². The molecular formula is C19H18ClFN4O. The lowest BCUT2D eigenvalue weighted by Gasteiger charge is -2.13. The van der Waals surface area contributed by atoms with Gasteiger partial charge in [0.15, 0.2) is 5.82 Å². The zero-order valence-corrected chi connectivity index (χ0v) is 14.9. The third-order valence-electron chi connectivity index (χ3n) is 3.93. The number of nitrogens with zero attached hydrogens (tertiary/aromatic N) is 2. The quantitative estimate of drug-likeness (QED) is 0.694. The summed E-state index contributed by atoms with van der Waals surface area (Å²) in [6.45, 7) is 1.84. The molecule has 1 aromatic heterocycles. The molecule has 3 rings (SSSR count). The van der Waals surface area contributed by atoms with Crippen LogP contribution in [0, 0.1) is 5.82 Å². The van der Waals surface area contributed by atoms with Crippen LogP contribution in [-0.2, 0) is 17.6 Å². The first-order valence-corrected chi connectivity index (χ1v) is 8.57. The molecule has 2 aromatic carbocycles. The summed E-state index contributed by atoms with van der Waals surface area (Å²) in [4.78, 5) is 16.5. The molecule has 0 aliphatic rings. The summed E-state index contributed by atoms with van der Waals surface area (Å²) in [5.74, 6) is 0.611. The van der Waals surface area contributed by atoms with E-state index in [2.05, 4.69) is 20.5 Å². The first-order chi connectivity index (χ1) is 12.5. The number of amides is 1. The Kier molecular flexibility index (Phi) is 5.63. The minimum Gasteiger partial charge on any atom is -0.349 e.